The molecule has 26 heavy (non-hydrogen) atoms. The van der Waals surface area contributed by atoms with Crippen LogP contribution in [-0.2, 0) is 11.9 Å². The van der Waals surface area contributed by atoms with E-state index in [1.165, 1.54) is 6.07 Å². The van der Waals surface area contributed by atoms with E-state index in [0.29, 0.717) is 28.5 Å². The monoisotopic (exact) mass is 400 g/mol. The second-order valence-corrected chi connectivity index (χ2v) is 8.14. The highest BCUT2D eigenvalue weighted by molar-refractivity contribution is 8.76. The second-order valence-electron chi connectivity index (χ2n) is 5.39. The zero-order valence-electron chi connectivity index (χ0n) is 14.1. The van der Waals surface area contributed by atoms with Crippen molar-refractivity contribution in [1.82, 2.24) is 9.97 Å². The molecular formula is C17H17F3N3OS2+. The third kappa shape index (κ3) is 4.09. The maximum absolute atomic E-state index is 12.9. The Labute approximate surface area is 156 Å². The Morgan fingerprint density at radius 3 is 2.69 bits per heavy atom. The van der Waals surface area contributed by atoms with Crippen molar-refractivity contribution in [1.29, 1.82) is 0 Å². The normalized spacial score (nSPS) is 11.9. The SMILES string of the molecule is CCSSCc1cc(OC)cc[n+]1-c1nc2ccc(C(F)(F)F)cc2[nH]1. The molecule has 0 saturated heterocycles. The highest BCUT2D eigenvalue weighted by Crippen LogP contribution is 2.31. The van der Waals surface area contributed by atoms with Crippen LogP contribution in [-0.4, -0.2) is 22.8 Å². The van der Waals surface area contributed by atoms with Gasteiger partial charge in [0.1, 0.15) is 11.3 Å². The lowest BCUT2D eigenvalue weighted by Gasteiger charge is -2.07. The van der Waals surface area contributed by atoms with E-state index in [0.717, 1.165) is 23.6 Å². The topological polar surface area (TPSA) is 41.8 Å². The Hall–Kier alpha value is -1.87. The van der Waals surface area contributed by atoms with Gasteiger partial charge in [-0.25, -0.2) is 9.55 Å². The number of hydrogen-bond acceptors (Lipinski definition) is 4. The fourth-order valence-corrected chi connectivity index (χ4v) is 4.15. The van der Waals surface area contributed by atoms with Crippen LogP contribution in [0, 0.1) is 0 Å². The number of pyridine rings is 1. The summed E-state index contributed by atoms with van der Waals surface area (Å²) in [6.45, 7) is 2.08. The van der Waals surface area contributed by atoms with Gasteiger partial charge in [0.2, 0.25) is 0 Å². The molecule has 1 N–H and O–H groups in total. The largest absolute Gasteiger partial charge is 0.497 e. The lowest BCUT2D eigenvalue weighted by atomic mass is 10.2. The highest BCUT2D eigenvalue weighted by Gasteiger charge is 2.31. The number of aromatic nitrogens is 3. The summed E-state index contributed by atoms with van der Waals surface area (Å²) in [5.74, 6) is 2.88. The fourth-order valence-electron chi connectivity index (χ4n) is 2.44. The number of alkyl halides is 3. The van der Waals surface area contributed by atoms with Crippen LogP contribution >= 0.6 is 21.6 Å². The van der Waals surface area contributed by atoms with Crippen molar-refractivity contribution in [3.05, 3.63) is 47.8 Å². The van der Waals surface area contributed by atoms with Crippen molar-refractivity contribution in [2.45, 2.75) is 18.9 Å². The van der Waals surface area contributed by atoms with Gasteiger partial charge in [-0.05, 0) is 18.2 Å². The van der Waals surface area contributed by atoms with Gasteiger partial charge in [0.15, 0.2) is 5.52 Å². The van der Waals surface area contributed by atoms with E-state index in [2.05, 4.69) is 16.9 Å². The number of benzene rings is 1. The number of ether oxygens (including phenoxy) is 1. The smallest absolute Gasteiger partial charge is 0.416 e. The van der Waals surface area contributed by atoms with Crippen molar-refractivity contribution < 1.29 is 22.5 Å². The first-order chi connectivity index (χ1) is 12.4. The van der Waals surface area contributed by atoms with Crippen LogP contribution in [0.1, 0.15) is 18.2 Å². The number of halogens is 3. The van der Waals surface area contributed by atoms with Crippen LogP contribution in [0.3, 0.4) is 0 Å². The predicted molar refractivity (Wildman–Crippen MR) is 98.6 cm³/mol. The first-order valence-corrected chi connectivity index (χ1v) is 10.3. The number of nitrogens with one attached hydrogen (secondary N) is 1. The average Bonchev–Trinajstić information content (AvgIpc) is 3.04. The van der Waals surface area contributed by atoms with Gasteiger partial charge >= 0.3 is 12.1 Å². The Morgan fingerprint density at radius 2 is 2.00 bits per heavy atom. The number of hydrogen-bond donors (Lipinski definition) is 1. The van der Waals surface area contributed by atoms with Crippen molar-refractivity contribution in [2.75, 3.05) is 12.9 Å². The lowest BCUT2D eigenvalue weighted by molar-refractivity contribution is -0.610. The number of aromatic amines is 1. The molecule has 0 bridgehead atoms. The number of imidazole rings is 1. The highest BCUT2D eigenvalue weighted by atomic mass is 33.1. The summed E-state index contributed by atoms with van der Waals surface area (Å²) in [5, 5.41) is 0. The average molecular weight is 400 g/mol. The van der Waals surface area contributed by atoms with Crippen molar-refractivity contribution in [3.8, 4) is 11.7 Å². The molecule has 2 heterocycles. The third-order valence-electron chi connectivity index (χ3n) is 3.67. The molecule has 138 valence electrons. The summed E-state index contributed by atoms with van der Waals surface area (Å²) in [5.41, 5.74) is 1.07. The van der Waals surface area contributed by atoms with Gasteiger partial charge < -0.3 is 4.74 Å². The Morgan fingerprint density at radius 1 is 1.19 bits per heavy atom. The number of rotatable bonds is 6. The molecule has 0 fully saturated rings. The molecular weight excluding hydrogens is 383 g/mol. The van der Waals surface area contributed by atoms with Crippen LogP contribution in [0.2, 0.25) is 0 Å². The van der Waals surface area contributed by atoms with E-state index in [1.807, 2.05) is 10.6 Å². The maximum atomic E-state index is 12.9. The van der Waals surface area contributed by atoms with Crippen molar-refractivity contribution in [3.63, 3.8) is 0 Å². The molecule has 0 amide bonds. The standard InChI is InChI=1S/C17H17F3N3OS2/c1-3-25-26-10-12-9-13(24-2)6-7-23(12)16-21-14-5-4-11(17(18,19)20)8-15(14)22-16/h4-9H,3,10H2,1-2H3,(H,21,22)/q+1. The minimum Gasteiger partial charge on any atom is -0.497 e. The van der Waals surface area contributed by atoms with E-state index in [1.54, 1.807) is 41.0 Å². The summed E-state index contributed by atoms with van der Waals surface area (Å²) in [6.07, 6.45) is -2.58. The summed E-state index contributed by atoms with van der Waals surface area (Å²) in [6, 6.07) is 7.19. The zero-order chi connectivity index (χ0) is 18.7. The minimum atomic E-state index is -4.38. The zero-order valence-corrected chi connectivity index (χ0v) is 15.8. The summed E-state index contributed by atoms with van der Waals surface area (Å²) >= 11 is 0. The molecule has 0 saturated carbocycles. The number of methoxy groups -OCH3 is 1. The van der Waals surface area contributed by atoms with Crippen molar-refractivity contribution in [2.24, 2.45) is 0 Å². The number of H-pyrrole nitrogens is 1. The van der Waals surface area contributed by atoms with Crippen LogP contribution < -0.4 is 9.30 Å². The minimum absolute atomic E-state index is 0.347. The summed E-state index contributed by atoms with van der Waals surface area (Å²) in [7, 11) is 5.03. The van der Waals surface area contributed by atoms with Gasteiger partial charge in [0.25, 0.3) is 0 Å². The van der Waals surface area contributed by atoms with Gasteiger partial charge in [-0.3, -0.25) is 0 Å². The van der Waals surface area contributed by atoms with Crippen molar-refractivity contribution >= 4 is 32.6 Å². The van der Waals surface area contributed by atoms with Crippen LogP contribution in [0.15, 0.2) is 36.5 Å². The molecule has 2 aromatic heterocycles. The molecule has 4 nitrogen and oxygen atoms in total. The maximum Gasteiger partial charge on any atom is 0.416 e. The molecule has 0 unspecified atom stereocenters. The first kappa shape index (κ1) is 18.9. The van der Waals surface area contributed by atoms with Crippen LogP contribution in [0.25, 0.3) is 17.0 Å². The molecule has 1 aromatic carbocycles. The van der Waals surface area contributed by atoms with Gasteiger partial charge in [0.05, 0.1) is 30.3 Å². The summed E-state index contributed by atoms with van der Waals surface area (Å²) < 4.78 is 45.8. The third-order valence-corrected chi connectivity index (χ3v) is 6.05. The molecule has 0 radical (unpaired) electrons. The molecule has 9 heteroatoms. The molecule has 0 spiro atoms. The first-order valence-electron chi connectivity index (χ1n) is 7.82. The van der Waals surface area contributed by atoms with Gasteiger partial charge in [-0.1, -0.05) is 33.5 Å². The molecule has 0 aliphatic heterocycles. The van der Waals surface area contributed by atoms with Crippen LogP contribution in [0.5, 0.6) is 5.75 Å². The number of nitrogens with zero attached hydrogens (tertiary/aromatic N) is 2. The van der Waals surface area contributed by atoms with E-state index in [-0.39, 0.29) is 0 Å². The van der Waals surface area contributed by atoms with Gasteiger partial charge in [0, 0.05) is 17.9 Å². The summed E-state index contributed by atoms with van der Waals surface area (Å²) in [4.78, 5) is 7.42. The molecule has 3 aromatic rings. The molecule has 0 aliphatic carbocycles. The van der Waals surface area contributed by atoms with E-state index in [9.17, 15) is 13.2 Å². The van der Waals surface area contributed by atoms with Gasteiger partial charge in [-0.15, -0.1) is 0 Å². The Kier molecular flexibility index (Phi) is 5.67. The lowest BCUT2D eigenvalue weighted by Crippen LogP contribution is -2.36. The molecule has 3 rings (SSSR count). The molecule has 0 aliphatic rings. The Bertz CT molecular complexity index is 912. The second kappa shape index (κ2) is 7.79. The predicted octanol–water partition coefficient (Wildman–Crippen LogP) is 4.77. The number of fused-ring (bicyclic) bond motifs is 1. The van der Waals surface area contributed by atoms with E-state index in [4.69, 9.17) is 4.74 Å². The quantitative estimate of drug-likeness (QED) is 0.368. The van der Waals surface area contributed by atoms with Gasteiger partial charge in [-0.2, -0.15) is 13.2 Å². The molecule has 0 atom stereocenters. The van der Waals surface area contributed by atoms with Crippen LogP contribution in [0.4, 0.5) is 13.2 Å². The van der Waals surface area contributed by atoms with E-state index >= 15 is 0 Å². The Balaban J connectivity index is 2.02. The fraction of sp³-hybridized carbons (Fsp3) is 0.294. The van der Waals surface area contributed by atoms with E-state index < -0.39 is 11.7 Å².